The smallest absolute Gasteiger partial charge is 0.413 e. The summed E-state index contributed by atoms with van der Waals surface area (Å²) in [5.74, 6) is -2.44. The zero-order valence-electron chi connectivity index (χ0n) is 22.5. The predicted octanol–water partition coefficient (Wildman–Crippen LogP) is 6.66. The summed E-state index contributed by atoms with van der Waals surface area (Å²) in [6.45, 7) is 3.20. The van der Waals surface area contributed by atoms with Crippen LogP contribution in [-0.2, 0) is 31.9 Å². The molecule has 0 saturated heterocycles. The molecule has 6 nitrogen and oxygen atoms in total. The summed E-state index contributed by atoms with van der Waals surface area (Å²) in [5.41, 5.74) is -0.0165. The van der Waals surface area contributed by atoms with Gasteiger partial charge in [-0.2, -0.15) is 26.3 Å². The number of benzene rings is 2. The fraction of sp³-hybridized carbons (Fsp3) is 0.429. The Morgan fingerprint density at radius 1 is 0.775 bits per heavy atom. The molecule has 12 heteroatoms. The van der Waals surface area contributed by atoms with Crippen LogP contribution >= 0.6 is 0 Å². The van der Waals surface area contributed by atoms with E-state index in [4.69, 9.17) is 9.47 Å². The summed E-state index contributed by atoms with van der Waals surface area (Å²) >= 11 is 0. The van der Waals surface area contributed by atoms with Crippen LogP contribution in [0.2, 0.25) is 0 Å². The van der Waals surface area contributed by atoms with E-state index < -0.39 is 48.6 Å². The molecule has 0 bridgehead atoms. The molecule has 1 unspecified atom stereocenters. The number of carbonyl (C=O) groups is 2. The van der Waals surface area contributed by atoms with Crippen LogP contribution in [0.3, 0.4) is 0 Å². The average Bonchev–Trinajstić information content (AvgIpc) is 2.88. The molecule has 0 aromatic heterocycles. The Hall–Kier alpha value is -3.70. The van der Waals surface area contributed by atoms with Gasteiger partial charge in [-0.25, -0.2) is 4.79 Å². The third kappa shape index (κ3) is 12.9. The largest absolute Gasteiger partial charge is 0.497 e. The van der Waals surface area contributed by atoms with Crippen molar-refractivity contribution in [2.45, 2.75) is 45.5 Å². The summed E-state index contributed by atoms with van der Waals surface area (Å²) in [6, 6.07) is 12.5. The Morgan fingerprint density at radius 2 is 1.25 bits per heavy atom. The fourth-order valence-corrected chi connectivity index (χ4v) is 3.29. The fourth-order valence-electron chi connectivity index (χ4n) is 3.29. The van der Waals surface area contributed by atoms with E-state index in [9.17, 15) is 35.9 Å². The highest BCUT2D eigenvalue weighted by atomic mass is 19.4. The Kier molecular flexibility index (Phi) is 14.1. The van der Waals surface area contributed by atoms with Crippen molar-refractivity contribution < 1.29 is 54.9 Å². The lowest BCUT2D eigenvalue weighted by atomic mass is 9.95. The van der Waals surface area contributed by atoms with Crippen molar-refractivity contribution in [3.05, 3.63) is 71.3 Å². The van der Waals surface area contributed by atoms with E-state index in [0.717, 1.165) is 0 Å². The van der Waals surface area contributed by atoms with Gasteiger partial charge in [-0.1, -0.05) is 24.3 Å². The molecule has 0 spiro atoms. The minimum absolute atomic E-state index is 0.0308. The highest BCUT2D eigenvalue weighted by molar-refractivity contribution is 5.83. The molecule has 2 aromatic carbocycles. The van der Waals surface area contributed by atoms with Crippen molar-refractivity contribution in [2.24, 2.45) is 5.92 Å². The maximum absolute atomic E-state index is 12.9. The molecule has 0 saturated carbocycles. The van der Waals surface area contributed by atoms with Crippen LogP contribution in [-0.4, -0.2) is 51.7 Å². The number of ether oxygens (including phenoxy) is 4. The first-order chi connectivity index (χ1) is 18.7. The molecule has 2 rings (SSSR count). The van der Waals surface area contributed by atoms with Crippen LogP contribution in [0.15, 0.2) is 60.2 Å². The molecule has 0 aliphatic rings. The zero-order valence-corrected chi connectivity index (χ0v) is 22.5. The van der Waals surface area contributed by atoms with Crippen molar-refractivity contribution in [3.63, 3.8) is 0 Å². The summed E-state index contributed by atoms with van der Waals surface area (Å²) in [4.78, 5) is 22.4. The SMILES string of the molecule is CCOC(=O)/C=C(/Cc1ccc(OC)cc1)C(F)(F)F.CCOC(=O)CC(Cc1ccc(OC)cc1)C(F)(F)F. The first-order valence-electron chi connectivity index (χ1n) is 12.2. The van der Waals surface area contributed by atoms with Crippen molar-refractivity contribution >= 4 is 11.9 Å². The highest BCUT2D eigenvalue weighted by Gasteiger charge is 2.41. The van der Waals surface area contributed by atoms with Crippen molar-refractivity contribution in [3.8, 4) is 11.5 Å². The van der Waals surface area contributed by atoms with E-state index in [0.29, 0.717) is 28.7 Å². The van der Waals surface area contributed by atoms with Crippen LogP contribution in [0.1, 0.15) is 31.4 Å². The topological polar surface area (TPSA) is 71.1 Å². The minimum atomic E-state index is -4.58. The second kappa shape index (κ2) is 16.4. The molecule has 0 aliphatic carbocycles. The molecule has 40 heavy (non-hydrogen) atoms. The van der Waals surface area contributed by atoms with Gasteiger partial charge in [0, 0.05) is 18.1 Å². The van der Waals surface area contributed by atoms with Crippen molar-refractivity contribution in [1.82, 2.24) is 0 Å². The normalized spacial score (nSPS) is 12.5. The van der Waals surface area contributed by atoms with Gasteiger partial charge in [0.25, 0.3) is 0 Å². The predicted molar refractivity (Wildman–Crippen MR) is 135 cm³/mol. The van der Waals surface area contributed by atoms with Crippen LogP contribution in [0, 0.1) is 5.92 Å². The van der Waals surface area contributed by atoms with Gasteiger partial charge in [0.2, 0.25) is 0 Å². The minimum Gasteiger partial charge on any atom is -0.497 e. The van der Waals surface area contributed by atoms with Gasteiger partial charge in [0.15, 0.2) is 0 Å². The second-order valence-electron chi connectivity index (χ2n) is 8.24. The van der Waals surface area contributed by atoms with Crippen LogP contribution in [0.25, 0.3) is 0 Å². The molecule has 0 fully saturated rings. The Labute approximate surface area is 228 Å². The monoisotopic (exact) mass is 578 g/mol. The molecular weight excluding hydrogens is 546 g/mol. The summed E-state index contributed by atoms with van der Waals surface area (Å²) in [7, 11) is 2.95. The molecule has 0 amide bonds. The van der Waals surface area contributed by atoms with Gasteiger partial charge >= 0.3 is 24.3 Å². The first-order valence-corrected chi connectivity index (χ1v) is 12.2. The third-order valence-corrected chi connectivity index (χ3v) is 5.32. The number of allylic oxidation sites excluding steroid dienone is 1. The van der Waals surface area contributed by atoms with Gasteiger partial charge < -0.3 is 18.9 Å². The summed E-state index contributed by atoms with van der Waals surface area (Å²) in [6.07, 6.45) is -9.84. The molecule has 1 atom stereocenters. The average molecular weight is 579 g/mol. The zero-order chi connectivity index (χ0) is 30.3. The van der Waals surface area contributed by atoms with E-state index in [1.807, 2.05) is 0 Å². The standard InChI is InChI=1S/C14H17F3O3.C14H15F3O3/c2*1-3-20-13(18)9-11(14(15,16)17)8-10-4-6-12(19-2)7-5-10/h4-7,11H,3,8-9H2,1-2H3;4-7,9H,3,8H2,1-2H3/b;11-9-. The molecular formula is C28H32F6O6. The van der Waals surface area contributed by atoms with Gasteiger partial charge in [0.05, 0.1) is 39.8 Å². The Bertz CT molecular complexity index is 1080. The number of hydrogen-bond donors (Lipinski definition) is 0. The third-order valence-electron chi connectivity index (χ3n) is 5.32. The lowest BCUT2D eigenvalue weighted by molar-refractivity contribution is -0.184. The number of alkyl halides is 6. The molecule has 222 valence electrons. The lowest BCUT2D eigenvalue weighted by Crippen LogP contribution is -2.28. The number of methoxy groups -OCH3 is 2. The number of esters is 2. The molecule has 0 aliphatic heterocycles. The van der Waals surface area contributed by atoms with Crippen LogP contribution < -0.4 is 9.47 Å². The molecule has 2 aromatic rings. The first kappa shape index (κ1) is 34.3. The highest BCUT2D eigenvalue weighted by Crippen LogP contribution is 2.32. The molecule has 0 heterocycles. The summed E-state index contributed by atoms with van der Waals surface area (Å²) in [5, 5.41) is 0. The van der Waals surface area contributed by atoms with Crippen LogP contribution in [0.5, 0.6) is 11.5 Å². The quantitative estimate of drug-likeness (QED) is 0.169. The van der Waals surface area contributed by atoms with E-state index in [1.54, 1.807) is 43.3 Å². The number of rotatable bonds is 11. The van der Waals surface area contributed by atoms with Crippen molar-refractivity contribution in [2.75, 3.05) is 27.4 Å². The van der Waals surface area contributed by atoms with E-state index in [-0.39, 0.29) is 19.6 Å². The molecule has 0 radical (unpaired) electrons. The van der Waals surface area contributed by atoms with Crippen molar-refractivity contribution in [1.29, 1.82) is 0 Å². The number of hydrogen-bond acceptors (Lipinski definition) is 6. The molecule has 0 N–H and O–H groups in total. The maximum atomic E-state index is 12.9. The van der Waals surface area contributed by atoms with E-state index >= 15 is 0 Å². The Morgan fingerprint density at radius 3 is 1.65 bits per heavy atom. The van der Waals surface area contributed by atoms with Gasteiger partial charge in [0.1, 0.15) is 11.5 Å². The summed E-state index contributed by atoms with van der Waals surface area (Å²) < 4.78 is 96.3. The van der Waals surface area contributed by atoms with Gasteiger partial charge in [-0.15, -0.1) is 0 Å². The van der Waals surface area contributed by atoms with E-state index in [1.165, 1.54) is 33.3 Å². The van der Waals surface area contributed by atoms with Crippen LogP contribution in [0.4, 0.5) is 26.3 Å². The van der Waals surface area contributed by atoms with E-state index in [2.05, 4.69) is 9.47 Å². The second-order valence-corrected chi connectivity index (χ2v) is 8.24. The number of halogens is 6. The van der Waals surface area contributed by atoms with Gasteiger partial charge in [-0.3, -0.25) is 4.79 Å². The lowest BCUT2D eigenvalue weighted by Gasteiger charge is -2.19. The Balaban J connectivity index is 0.000000400. The van der Waals surface area contributed by atoms with Gasteiger partial charge in [-0.05, 0) is 55.7 Å². The number of carbonyl (C=O) groups excluding carboxylic acids is 2. The maximum Gasteiger partial charge on any atom is 0.413 e.